The molecule has 9 nitrogen and oxygen atoms in total. The third-order valence-corrected chi connectivity index (χ3v) is 10.2. The first-order valence-corrected chi connectivity index (χ1v) is 19.3. The average Bonchev–Trinajstić information content (AvgIpc) is 3.05. The van der Waals surface area contributed by atoms with E-state index in [0.717, 1.165) is 55.6 Å². The van der Waals surface area contributed by atoms with Gasteiger partial charge in [0.15, 0.2) is 0 Å². The lowest BCUT2D eigenvalue weighted by Gasteiger charge is -2.24. The third-order valence-electron chi connectivity index (χ3n) is 9.57. The highest BCUT2D eigenvalue weighted by atomic mass is 31.1. The second kappa shape index (κ2) is 16.6. The molecule has 0 amide bonds. The van der Waals surface area contributed by atoms with Crippen LogP contribution in [0.3, 0.4) is 0 Å². The molecular weight excluding hydrogens is 703 g/mol. The van der Waals surface area contributed by atoms with E-state index in [0.29, 0.717) is 24.3 Å². The Balaban J connectivity index is 1.37. The van der Waals surface area contributed by atoms with Gasteiger partial charge in [0, 0.05) is 4.57 Å². The maximum atomic E-state index is 13.1. The molecule has 2 N–H and O–H groups in total. The van der Waals surface area contributed by atoms with Crippen molar-refractivity contribution in [1.29, 1.82) is 0 Å². The largest absolute Gasteiger partial charge is 0.811 e. The fourth-order valence-corrected chi connectivity index (χ4v) is 7.14. The molecule has 0 radical (unpaired) electrons. The lowest BCUT2D eigenvalue weighted by molar-refractivity contribution is -0.153. The van der Waals surface area contributed by atoms with Gasteiger partial charge in [0.1, 0.15) is 23.0 Å². The number of aromatic hydroxyl groups is 2. The van der Waals surface area contributed by atoms with Crippen LogP contribution in [0, 0.1) is 27.7 Å². The number of rotatable bonds is 14. The summed E-state index contributed by atoms with van der Waals surface area (Å²) in [5.74, 6) is -0.177. The monoisotopic (exact) mass is 757 g/mol. The van der Waals surface area contributed by atoms with Crippen LogP contribution in [0.2, 0.25) is 0 Å². The Bertz CT molecular complexity index is 1870. The Labute approximate surface area is 320 Å². The van der Waals surface area contributed by atoms with Crippen molar-refractivity contribution in [3.8, 4) is 23.0 Å². The molecule has 0 spiro atoms. The van der Waals surface area contributed by atoms with Crippen molar-refractivity contribution in [3.05, 3.63) is 116 Å². The number of hydrogen-bond acceptors (Lipinski definition) is 9. The Kier molecular flexibility index (Phi) is 12.9. The van der Waals surface area contributed by atoms with E-state index in [1.54, 1.807) is 12.1 Å². The summed E-state index contributed by atoms with van der Waals surface area (Å²) in [5, 5.41) is 20.5. The van der Waals surface area contributed by atoms with Crippen molar-refractivity contribution in [2.24, 2.45) is 0 Å². The molecule has 0 unspecified atom stereocenters. The van der Waals surface area contributed by atoms with Crippen molar-refractivity contribution < 1.29 is 42.9 Å². The van der Waals surface area contributed by atoms with Crippen LogP contribution in [0.25, 0.3) is 0 Å². The summed E-state index contributed by atoms with van der Waals surface area (Å²) in [5.41, 5.74) is 6.78. The van der Waals surface area contributed by atoms with Crippen molar-refractivity contribution in [3.63, 3.8) is 0 Å². The Morgan fingerprint density at radius 1 is 0.593 bits per heavy atom. The van der Waals surface area contributed by atoms with Crippen LogP contribution in [0.4, 0.5) is 0 Å². The molecule has 0 aliphatic rings. The first kappa shape index (κ1) is 41.9. The smallest absolute Gasteiger partial charge is 0.508 e. The zero-order chi connectivity index (χ0) is 40.3. The molecule has 4 rings (SSSR count). The van der Waals surface area contributed by atoms with Gasteiger partial charge in [-0.05, 0) is 172 Å². The van der Waals surface area contributed by atoms with Gasteiger partial charge in [0.25, 0.3) is 0 Å². The van der Waals surface area contributed by atoms with E-state index >= 15 is 0 Å². The van der Waals surface area contributed by atoms with Crippen LogP contribution in [-0.4, -0.2) is 33.4 Å². The van der Waals surface area contributed by atoms with Crippen molar-refractivity contribution in [1.82, 2.24) is 0 Å². The van der Waals surface area contributed by atoms with Gasteiger partial charge >= 0.3 is 20.2 Å². The van der Waals surface area contributed by atoms with Crippen molar-refractivity contribution in [2.75, 3.05) is 0 Å². The molecule has 0 saturated heterocycles. The fourth-order valence-electron chi connectivity index (χ4n) is 6.39. The fraction of sp³-hybridized carbons (Fsp3) is 0.409. The quantitative estimate of drug-likeness (QED) is 0.121. The lowest BCUT2D eigenvalue weighted by Crippen LogP contribution is -2.40. The minimum atomic E-state index is -3.19. The third kappa shape index (κ3) is 10.2. The number of aryl methyl sites for hydroxylation is 4. The minimum Gasteiger partial charge on any atom is -0.508 e. The van der Waals surface area contributed by atoms with Gasteiger partial charge in [0.2, 0.25) is 11.2 Å². The maximum Gasteiger partial charge on any atom is 0.811 e. The summed E-state index contributed by atoms with van der Waals surface area (Å²) in [4.78, 5) is 26.2. The van der Waals surface area contributed by atoms with Gasteiger partial charge in [-0.2, -0.15) is 9.05 Å². The summed E-state index contributed by atoms with van der Waals surface area (Å²) in [7, 11) is -3.19. The van der Waals surface area contributed by atoms with Crippen LogP contribution >= 0.6 is 8.25 Å². The Morgan fingerprint density at radius 3 is 1.20 bits per heavy atom. The van der Waals surface area contributed by atoms with Crippen LogP contribution in [0.5, 0.6) is 23.0 Å². The predicted octanol–water partition coefficient (Wildman–Crippen LogP) is 10.5. The highest BCUT2D eigenvalue weighted by Gasteiger charge is 2.45. The van der Waals surface area contributed by atoms with Gasteiger partial charge in [-0.25, -0.2) is 9.59 Å². The second-order valence-corrected chi connectivity index (χ2v) is 16.5. The lowest BCUT2D eigenvalue weighted by atomic mass is 9.93. The summed E-state index contributed by atoms with van der Waals surface area (Å²) >= 11 is 0. The second-order valence-electron chi connectivity index (χ2n) is 15.7. The topological polar surface area (TPSA) is 129 Å². The van der Waals surface area contributed by atoms with Crippen molar-refractivity contribution in [2.45, 2.75) is 119 Å². The molecule has 0 heterocycles. The van der Waals surface area contributed by atoms with Gasteiger partial charge < -0.3 is 19.7 Å². The summed E-state index contributed by atoms with van der Waals surface area (Å²) in [6.07, 6.45) is 1.31. The van der Waals surface area contributed by atoms with E-state index in [2.05, 4.69) is 0 Å². The Morgan fingerprint density at radius 2 is 0.907 bits per heavy atom. The molecule has 4 aromatic rings. The number of hydrogen-bond donors (Lipinski definition) is 2. The molecule has 54 heavy (non-hydrogen) atoms. The Hall–Kier alpha value is -4.88. The van der Waals surface area contributed by atoms with E-state index < -0.39 is 31.4 Å². The van der Waals surface area contributed by atoms with E-state index in [1.807, 2.05) is 104 Å². The van der Waals surface area contributed by atoms with Gasteiger partial charge in [-0.1, -0.05) is 52.0 Å². The summed E-state index contributed by atoms with van der Waals surface area (Å²) < 4.78 is 35.0. The molecule has 0 atom stereocenters. The number of phenolic OH excluding ortho intramolecular Hbond substituents is 2. The molecule has 288 valence electrons. The number of ether oxygens (including phenoxy) is 2. The molecule has 10 heteroatoms. The van der Waals surface area contributed by atoms with Gasteiger partial charge in [0.05, 0.1) is 0 Å². The minimum absolute atomic E-state index is 0.184. The normalized spacial score (nSPS) is 11.8. The summed E-state index contributed by atoms with van der Waals surface area (Å²) in [6.45, 7) is 21.9. The average molecular weight is 758 g/mol. The number of carbonyl (C=O) groups is 2. The number of carbonyl (C=O) groups excluding carboxylic acids is 2. The molecule has 4 aromatic carbocycles. The van der Waals surface area contributed by atoms with Crippen molar-refractivity contribution >= 4 is 20.2 Å². The van der Waals surface area contributed by atoms with Crippen LogP contribution < -0.4 is 9.47 Å². The van der Waals surface area contributed by atoms with E-state index in [1.165, 1.54) is 27.7 Å². The zero-order valence-electron chi connectivity index (χ0n) is 33.5. The highest BCUT2D eigenvalue weighted by Crippen LogP contribution is 2.35. The zero-order valence-corrected chi connectivity index (χ0v) is 34.4. The van der Waals surface area contributed by atoms with E-state index in [9.17, 15) is 24.4 Å². The van der Waals surface area contributed by atoms with E-state index in [-0.39, 0.29) is 23.3 Å². The molecule has 0 aliphatic heterocycles. The molecule has 0 saturated carbocycles. The SMILES string of the molecule is Cc1cc(OC(C)(C)C(=O)O[P+](=O)OC(=O)C(C)(C)Oc2cc(C)c(Cc3ccc(O)c(C(C)C)c3)c(C)c2)cc(C)c1Cc1ccc(O)c(C(C)C)c1. The molecule has 0 aliphatic carbocycles. The number of benzene rings is 4. The van der Waals surface area contributed by atoms with Crippen LogP contribution in [-0.2, 0) is 36.0 Å². The predicted molar refractivity (Wildman–Crippen MR) is 211 cm³/mol. The molecular formula is C44H54O9P+. The van der Waals surface area contributed by atoms with Gasteiger partial charge in [-0.15, -0.1) is 0 Å². The first-order valence-electron chi connectivity index (χ1n) is 18.2. The molecule has 0 aromatic heterocycles. The van der Waals surface area contributed by atoms with Crippen LogP contribution in [0.15, 0.2) is 60.7 Å². The highest BCUT2D eigenvalue weighted by molar-refractivity contribution is 7.34. The standard InChI is InChI=1S/C44H53O9P/c1-25(2)35-21-31(13-15-39(35)45)23-37-27(5)17-33(18-28(37)6)50-43(9,10)41(47)52-54(49)53-42(48)44(11,12)51-34-19-29(7)38(30(8)20-34)24-32-14-16-40(46)36(22-32)26(3)4/h13-22,25-26H,23-24H2,1-12H3,(H-,45,46)/p+1. The molecule has 0 bridgehead atoms. The number of phenols is 2. The summed E-state index contributed by atoms with van der Waals surface area (Å²) in [6, 6.07) is 18.6. The van der Waals surface area contributed by atoms with Gasteiger partial charge in [-0.3, -0.25) is 0 Å². The first-order chi connectivity index (χ1) is 25.1. The van der Waals surface area contributed by atoms with E-state index in [4.69, 9.17) is 18.5 Å². The van der Waals surface area contributed by atoms with Crippen LogP contribution in [0.1, 0.15) is 123 Å². The maximum absolute atomic E-state index is 13.1. The molecule has 0 fully saturated rings.